The Balaban J connectivity index is 1.33. The maximum atomic E-state index is 12.0. The lowest BCUT2D eigenvalue weighted by Crippen LogP contribution is -2.31. The highest BCUT2D eigenvalue weighted by Crippen LogP contribution is 2.25. The molecule has 1 aliphatic carbocycles. The molecule has 2 aromatic rings. The minimum absolute atomic E-state index is 0.0477. The Morgan fingerprint density at radius 3 is 2.36 bits per heavy atom. The molecule has 2 unspecified atom stereocenters. The first kappa shape index (κ1) is 20.6. The van der Waals surface area contributed by atoms with Crippen molar-refractivity contribution in [2.24, 2.45) is 5.92 Å². The van der Waals surface area contributed by atoms with Crippen molar-refractivity contribution >= 4 is 5.91 Å². The maximum Gasteiger partial charge on any atom is 0.246 e. The molecule has 28 heavy (non-hydrogen) atoms. The van der Waals surface area contributed by atoms with Gasteiger partial charge in [-0.15, -0.1) is 0 Å². The van der Waals surface area contributed by atoms with Gasteiger partial charge in [-0.2, -0.15) is 0 Å². The summed E-state index contributed by atoms with van der Waals surface area (Å²) >= 11 is 0. The molecular weight excluding hydrogens is 350 g/mol. The topological polar surface area (TPSA) is 47.6 Å². The zero-order chi connectivity index (χ0) is 19.6. The van der Waals surface area contributed by atoms with E-state index in [1.807, 2.05) is 42.5 Å². The SMILES string of the molecule is CC1CCCC(OCC(=O)NCc2ccc(COCc3ccccc3)cc2)C1. The Morgan fingerprint density at radius 1 is 0.964 bits per heavy atom. The van der Waals surface area contributed by atoms with Crippen molar-refractivity contribution in [3.8, 4) is 0 Å². The summed E-state index contributed by atoms with van der Waals surface area (Å²) in [6, 6.07) is 18.3. The molecule has 1 fully saturated rings. The molecule has 0 bridgehead atoms. The molecule has 1 saturated carbocycles. The van der Waals surface area contributed by atoms with Crippen LogP contribution in [0.5, 0.6) is 0 Å². The van der Waals surface area contributed by atoms with Crippen molar-refractivity contribution in [3.05, 3.63) is 71.3 Å². The Kier molecular flexibility index (Phi) is 8.07. The van der Waals surface area contributed by atoms with Crippen molar-refractivity contribution in [1.82, 2.24) is 5.32 Å². The largest absolute Gasteiger partial charge is 0.372 e. The van der Waals surface area contributed by atoms with Gasteiger partial charge in [0.1, 0.15) is 6.61 Å². The Hall–Kier alpha value is -2.17. The first-order chi connectivity index (χ1) is 13.7. The fourth-order valence-electron chi connectivity index (χ4n) is 3.59. The van der Waals surface area contributed by atoms with E-state index in [1.165, 1.54) is 18.4 Å². The van der Waals surface area contributed by atoms with E-state index >= 15 is 0 Å². The third-order valence-corrected chi connectivity index (χ3v) is 5.23. The third-order valence-electron chi connectivity index (χ3n) is 5.23. The summed E-state index contributed by atoms with van der Waals surface area (Å²) in [5.41, 5.74) is 3.37. The van der Waals surface area contributed by atoms with Crippen LogP contribution in [-0.4, -0.2) is 18.6 Å². The van der Waals surface area contributed by atoms with Crippen LogP contribution in [0, 0.1) is 5.92 Å². The fourth-order valence-corrected chi connectivity index (χ4v) is 3.59. The summed E-state index contributed by atoms with van der Waals surface area (Å²) in [6.45, 7) is 4.12. The van der Waals surface area contributed by atoms with Crippen LogP contribution >= 0.6 is 0 Å². The van der Waals surface area contributed by atoms with E-state index in [0.29, 0.717) is 25.7 Å². The van der Waals surface area contributed by atoms with Gasteiger partial charge in [0.15, 0.2) is 0 Å². The third kappa shape index (κ3) is 7.10. The molecule has 2 aromatic carbocycles. The molecule has 4 nitrogen and oxygen atoms in total. The Morgan fingerprint density at radius 2 is 1.64 bits per heavy atom. The van der Waals surface area contributed by atoms with Gasteiger partial charge < -0.3 is 14.8 Å². The van der Waals surface area contributed by atoms with E-state index in [9.17, 15) is 4.79 Å². The molecule has 0 aromatic heterocycles. The van der Waals surface area contributed by atoms with Crippen molar-refractivity contribution in [2.75, 3.05) is 6.61 Å². The van der Waals surface area contributed by atoms with Crippen molar-refractivity contribution in [3.63, 3.8) is 0 Å². The smallest absolute Gasteiger partial charge is 0.246 e. The molecule has 0 radical (unpaired) electrons. The number of nitrogens with one attached hydrogen (secondary N) is 1. The Labute approximate surface area is 168 Å². The van der Waals surface area contributed by atoms with Gasteiger partial charge in [0.2, 0.25) is 5.91 Å². The number of rotatable bonds is 9. The molecule has 0 saturated heterocycles. The molecule has 4 heteroatoms. The number of carbonyl (C=O) groups is 1. The molecule has 1 amide bonds. The highest BCUT2D eigenvalue weighted by Gasteiger charge is 2.20. The van der Waals surface area contributed by atoms with Crippen molar-refractivity contribution in [2.45, 2.75) is 58.5 Å². The summed E-state index contributed by atoms with van der Waals surface area (Å²) in [5, 5.41) is 2.94. The molecule has 3 rings (SSSR count). The van der Waals surface area contributed by atoms with Gasteiger partial charge >= 0.3 is 0 Å². The van der Waals surface area contributed by atoms with Crippen LogP contribution in [-0.2, 0) is 34.0 Å². The highest BCUT2D eigenvalue weighted by atomic mass is 16.5. The van der Waals surface area contributed by atoms with Gasteiger partial charge in [-0.05, 0) is 35.4 Å². The second-order valence-electron chi connectivity index (χ2n) is 7.78. The minimum atomic E-state index is -0.0477. The summed E-state index contributed by atoms with van der Waals surface area (Å²) in [6.07, 6.45) is 4.87. The number of ether oxygens (including phenoxy) is 2. The molecule has 0 aliphatic heterocycles. The van der Waals surface area contributed by atoms with E-state index in [0.717, 1.165) is 24.0 Å². The second-order valence-corrected chi connectivity index (χ2v) is 7.78. The van der Waals surface area contributed by atoms with E-state index in [1.54, 1.807) is 0 Å². The average molecular weight is 382 g/mol. The van der Waals surface area contributed by atoms with E-state index in [4.69, 9.17) is 9.47 Å². The number of carbonyl (C=O) groups excluding carboxylic acids is 1. The van der Waals surface area contributed by atoms with Crippen LogP contribution in [0.3, 0.4) is 0 Å². The first-order valence-corrected chi connectivity index (χ1v) is 10.3. The predicted molar refractivity (Wildman–Crippen MR) is 111 cm³/mol. The number of hydrogen-bond acceptors (Lipinski definition) is 3. The molecule has 2 atom stereocenters. The molecule has 150 valence electrons. The number of benzene rings is 2. The van der Waals surface area contributed by atoms with Crippen LogP contribution in [0.15, 0.2) is 54.6 Å². The van der Waals surface area contributed by atoms with Crippen LogP contribution < -0.4 is 5.32 Å². The first-order valence-electron chi connectivity index (χ1n) is 10.3. The van der Waals surface area contributed by atoms with Crippen molar-refractivity contribution in [1.29, 1.82) is 0 Å². The van der Waals surface area contributed by atoms with E-state index in [-0.39, 0.29) is 18.6 Å². The van der Waals surface area contributed by atoms with E-state index < -0.39 is 0 Å². The van der Waals surface area contributed by atoms with Crippen LogP contribution in [0.25, 0.3) is 0 Å². The average Bonchev–Trinajstić information content (AvgIpc) is 2.72. The summed E-state index contributed by atoms with van der Waals surface area (Å²) in [4.78, 5) is 12.0. The molecule has 1 N–H and O–H groups in total. The quantitative estimate of drug-likeness (QED) is 0.690. The monoisotopic (exact) mass is 381 g/mol. The van der Waals surface area contributed by atoms with Gasteiger partial charge in [-0.3, -0.25) is 4.79 Å². The normalized spacial score (nSPS) is 19.3. The van der Waals surface area contributed by atoms with Gasteiger partial charge in [-0.1, -0.05) is 74.4 Å². The fraction of sp³-hybridized carbons (Fsp3) is 0.458. The Bertz CT molecular complexity index is 714. The lowest BCUT2D eigenvalue weighted by molar-refractivity contribution is -0.128. The lowest BCUT2D eigenvalue weighted by Gasteiger charge is -2.26. The van der Waals surface area contributed by atoms with Gasteiger partial charge in [-0.25, -0.2) is 0 Å². The predicted octanol–water partition coefficient (Wildman–Crippen LogP) is 4.61. The number of hydrogen-bond donors (Lipinski definition) is 1. The standard InChI is InChI=1S/C24H31NO3/c1-19-6-5-9-23(14-19)28-18-24(26)25-15-20-10-12-22(13-11-20)17-27-16-21-7-3-2-4-8-21/h2-4,7-8,10-13,19,23H,5-6,9,14-18H2,1H3,(H,25,26). The van der Waals surface area contributed by atoms with Crippen LogP contribution in [0.2, 0.25) is 0 Å². The van der Waals surface area contributed by atoms with Gasteiger partial charge in [0.25, 0.3) is 0 Å². The molecule has 1 aliphatic rings. The second kappa shape index (κ2) is 11.0. The number of amides is 1. The summed E-state index contributed by atoms with van der Waals surface area (Å²) < 4.78 is 11.5. The zero-order valence-electron chi connectivity index (χ0n) is 16.7. The molecule has 0 spiro atoms. The molecular formula is C24H31NO3. The van der Waals surface area contributed by atoms with Crippen LogP contribution in [0.4, 0.5) is 0 Å². The highest BCUT2D eigenvalue weighted by molar-refractivity contribution is 5.77. The zero-order valence-corrected chi connectivity index (χ0v) is 16.7. The summed E-state index contributed by atoms with van der Waals surface area (Å²) in [5.74, 6) is 0.658. The van der Waals surface area contributed by atoms with Gasteiger partial charge in [0, 0.05) is 6.54 Å². The van der Waals surface area contributed by atoms with Gasteiger partial charge in [0.05, 0.1) is 19.3 Å². The maximum absolute atomic E-state index is 12.0. The van der Waals surface area contributed by atoms with E-state index in [2.05, 4.69) is 24.4 Å². The summed E-state index contributed by atoms with van der Waals surface area (Å²) in [7, 11) is 0. The van der Waals surface area contributed by atoms with Crippen molar-refractivity contribution < 1.29 is 14.3 Å². The van der Waals surface area contributed by atoms with Crippen LogP contribution in [0.1, 0.15) is 49.3 Å². The molecule has 0 heterocycles. The lowest BCUT2D eigenvalue weighted by atomic mass is 9.89. The minimum Gasteiger partial charge on any atom is -0.372 e.